The second-order valence-corrected chi connectivity index (χ2v) is 6.35. The normalized spacial score (nSPS) is 16.3. The average molecular weight is 389 g/mol. The molecule has 3 amide bonds. The second kappa shape index (κ2) is 9.03. The Morgan fingerprint density at radius 3 is 2.68 bits per heavy atom. The predicted molar refractivity (Wildman–Crippen MR) is 95.5 cm³/mol. The zero-order valence-electron chi connectivity index (χ0n) is 15.0. The number of rotatable bonds is 5. The Kier molecular flexibility index (Phi) is 6.25. The summed E-state index contributed by atoms with van der Waals surface area (Å²) in [6.45, 7) is 0.453. The van der Waals surface area contributed by atoms with Crippen LogP contribution in [0, 0.1) is 11.7 Å². The van der Waals surface area contributed by atoms with Crippen LogP contribution in [-0.4, -0.2) is 42.3 Å². The van der Waals surface area contributed by atoms with E-state index in [-0.39, 0.29) is 30.7 Å². The summed E-state index contributed by atoms with van der Waals surface area (Å²) in [6.07, 6.45) is 2.70. The van der Waals surface area contributed by atoms with Crippen LogP contribution < -0.4 is 15.6 Å². The zero-order chi connectivity index (χ0) is 19.9. The molecule has 1 aromatic carbocycles. The number of hydrogen-bond acceptors (Lipinski definition) is 5. The van der Waals surface area contributed by atoms with E-state index in [0.717, 1.165) is 0 Å². The number of carbonyl (C=O) groups is 3. The van der Waals surface area contributed by atoms with Gasteiger partial charge in [-0.1, -0.05) is 0 Å². The molecule has 28 heavy (non-hydrogen) atoms. The van der Waals surface area contributed by atoms with Crippen LogP contribution in [0.5, 0.6) is 5.75 Å². The Hall–Kier alpha value is -3.36. The van der Waals surface area contributed by atoms with Crippen molar-refractivity contribution in [1.29, 1.82) is 0 Å². The Balaban J connectivity index is 1.43. The Labute approximate surface area is 160 Å². The second-order valence-electron chi connectivity index (χ2n) is 6.35. The summed E-state index contributed by atoms with van der Waals surface area (Å²) in [5, 5.41) is 0. The van der Waals surface area contributed by atoms with Gasteiger partial charge in [-0.3, -0.25) is 25.2 Å². The van der Waals surface area contributed by atoms with E-state index in [1.165, 1.54) is 30.5 Å². The minimum atomic E-state index is -0.558. The highest BCUT2D eigenvalue weighted by Crippen LogP contribution is 2.19. The number of nitrogens with one attached hydrogen (secondary N) is 2. The molecule has 1 saturated heterocycles. The van der Waals surface area contributed by atoms with Gasteiger partial charge in [0.25, 0.3) is 11.8 Å². The SMILES string of the molecule is O=C(COc1ccc(F)cc1)NNC(=O)C1CCCN(C(=O)c2ccco2)C1. The molecule has 148 valence electrons. The van der Waals surface area contributed by atoms with Gasteiger partial charge in [-0.15, -0.1) is 0 Å². The number of halogens is 1. The van der Waals surface area contributed by atoms with E-state index in [1.807, 2.05) is 0 Å². The number of ether oxygens (including phenoxy) is 1. The Morgan fingerprint density at radius 1 is 1.18 bits per heavy atom. The number of likely N-dealkylation sites (tertiary alicyclic amines) is 1. The molecule has 2 aromatic rings. The first kappa shape index (κ1) is 19.4. The molecule has 0 bridgehead atoms. The molecule has 1 atom stereocenters. The lowest BCUT2D eigenvalue weighted by Crippen LogP contribution is -2.50. The predicted octanol–water partition coefficient (Wildman–Crippen LogP) is 1.50. The number of nitrogens with zero attached hydrogens (tertiary/aromatic N) is 1. The van der Waals surface area contributed by atoms with E-state index in [0.29, 0.717) is 25.1 Å². The Bertz CT molecular complexity index is 823. The number of benzene rings is 1. The maximum Gasteiger partial charge on any atom is 0.289 e. The van der Waals surface area contributed by atoms with Gasteiger partial charge in [0.1, 0.15) is 11.6 Å². The van der Waals surface area contributed by atoms with Crippen LogP contribution in [0.25, 0.3) is 0 Å². The standard InChI is InChI=1S/C19H20FN3O5/c20-14-5-7-15(8-6-14)28-12-17(24)21-22-18(25)13-3-1-9-23(11-13)19(26)16-4-2-10-27-16/h2,4-8,10,13H,1,3,9,11-12H2,(H,21,24)(H,22,25). The summed E-state index contributed by atoms with van der Waals surface area (Å²) in [4.78, 5) is 38.0. The van der Waals surface area contributed by atoms with E-state index < -0.39 is 17.6 Å². The van der Waals surface area contributed by atoms with Crippen LogP contribution in [-0.2, 0) is 9.59 Å². The fourth-order valence-corrected chi connectivity index (χ4v) is 2.88. The quantitative estimate of drug-likeness (QED) is 0.755. The molecule has 0 radical (unpaired) electrons. The lowest BCUT2D eigenvalue weighted by molar-refractivity contribution is -0.132. The third-order valence-electron chi connectivity index (χ3n) is 4.32. The lowest BCUT2D eigenvalue weighted by Gasteiger charge is -2.31. The zero-order valence-corrected chi connectivity index (χ0v) is 15.0. The lowest BCUT2D eigenvalue weighted by atomic mass is 9.97. The van der Waals surface area contributed by atoms with Crippen molar-refractivity contribution in [3.05, 3.63) is 54.2 Å². The Morgan fingerprint density at radius 2 is 1.96 bits per heavy atom. The van der Waals surface area contributed by atoms with Crippen molar-refractivity contribution < 1.29 is 27.9 Å². The van der Waals surface area contributed by atoms with Gasteiger partial charge in [0.2, 0.25) is 5.91 Å². The number of hydrogen-bond donors (Lipinski definition) is 2. The molecule has 1 aromatic heterocycles. The molecule has 0 saturated carbocycles. The number of piperidine rings is 1. The molecule has 3 rings (SSSR count). The van der Waals surface area contributed by atoms with Crippen LogP contribution >= 0.6 is 0 Å². The molecule has 1 aliphatic heterocycles. The molecular formula is C19H20FN3O5. The topological polar surface area (TPSA) is 101 Å². The summed E-state index contributed by atoms with van der Waals surface area (Å²) in [5.41, 5.74) is 4.63. The van der Waals surface area contributed by atoms with Crippen molar-refractivity contribution in [1.82, 2.24) is 15.8 Å². The van der Waals surface area contributed by atoms with Crippen molar-refractivity contribution in [2.45, 2.75) is 12.8 Å². The molecule has 8 nitrogen and oxygen atoms in total. The van der Waals surface area contributed by atoms with Crippen molar-refractivity contribution in [2.24, 2.45) is 5.92 Å². The number of carbonyl (C=O) groups excluding carboxylic acids is 3. The number of hydrazine groups is 1. The highest BCUT2D eigenvalue weighted by molar-refractivity contribution is 5.92. The smallest absolute Gasteiger partial charge is 0.289 e. The minimum absolute atomic E-state index is 0.229. The summed E-state index contributed by atoms with van der Waals surface area (Å²) < 4.78 is 23.1. The average Bonchev–Trinajstić information content (AvgIpc) is 3.26. The van der Waals surface area contributed by atoms with Gasteiger partial charge in [-0.25, -0.2) is 4.39 Å². The van der Waals surface area contributed by atoms with Gasteiger partial charge in [-0.2, -0.15) is 0 Å². The fraction of sp³-hybridized carbons (Fsp3) is 0.316. The number of furan rings is 1. The highest BCUT2D eigenvalue weighted by Gasteiger charge is 2.30. The molecule has 2 heterocycles. The van der Waals surface area contributed by atoms with Crippen LogP contribution in [0.3, 0.4) is 0 Å². The van der Waals surface area contributed by atoms with E-state index in [9.17, 15) is 18.8 Å². The molecule has 0 spiro atoms. The van der Waals surface area contributed by atoms with Gasteiger partial charge in [0, 0.05) is 13.1 Å². The van der Waals surface area contributed by atoms with Crippen LogP contribution in [0.4, 0.5) is 4.39 Å². The molecule has 2 N–H and O–H groups in total. The largest absolute Gasteiger partial charge is 0.484 e. The van der Waals surface area contributed by atoms with E-state index in [2.05, 4.69) is 10.9 Å². The minimum Gasteiger partial charge on any atom is -0.484 e. The van der Waals surface area contributed by atoms with E-state index in [4.69, 9.17) is 9.15 Å². The van der Waals surface area contributed by atoms with Gasteiger partial charge < -0.3 is 14.1 Å². The first-order valence-electron chi connectivity index (χ1n) is 8.83. The first-order valence-corrected chi connectivity index (χ1v) is 8.83. The summed E-state index contributed by atoms with van der Waals surface area (Å²) in [7, 11) is 0. The maximum atomic E-state index is 12.8. The molecule has 9 heteroatoms. The van der Waals surface area contributed by atoms with Crippen molar-refractivity contribution in [3.63, 3.8) is 0 Å². The van der Waals surface area contributed by atoms with E-state index in [1.54, 1.807) is 17.0 Å². The monoisotopic (exact) mass is 389 g/mol. The van der Waals surface area contributed by atoms with Crippen LogP contribution in [0.15, 0.2) is 47.1 Å². The van der Waals surface area contributed by atoms with Crippen molar-refractivity contribution >= 4 is 17.7 Å². The van der Waals surface area contributed by atoms with Gasteiger partial charge in [-0.05, 0) is 49.2 Å². The summed E-state index contributed by atoms with van der Waals surface area (Å²) in [5.74, 6) is -1.49. The van der Waals surface area contributed by atoms with Crippen LogP contribution in [0.2, 0.25) is 0 Å². The molecule has 0 aliphatic carbocycles. The van der Waals surface area contributed by atoms with Gasteiger partial charge in [0.15, 0.2) is 12.4 Å². The van der Waals surface area contributed by atoms with Crippen LogP contribution in [0.1, 0.15) is 23.4 Å². The fourth-order valence-electron chi connectivity index (χ4n) is 2.88. The van der Waals surface area contributed by atoms with Gasteiger partial charge >= 0.3 is 0 Å². The summed E-state index contributed by atoms with van der Waals surface area (Å²) in [6, 6.07) is 8.43. The molecule has 1 unspecified atom stereocenters. The maximum absolute atomic E-state index is 12.8. The first-order chi connectivity index (χ1) is 13.5. The van der Waals surface area contributed by atoms with Crippen molar-refractivity contribution in [3.8, 4) is 5.75 Å². The summed E-state index contributed by atoms with van der Waals surface area (Å²) >= 11 is 0. The third-order valence-corrected chi connectivity index (χ3v) is 4.32. The highest BCUT2D eigenvalue weighted by atomic mass is 19.1. The molecule has 1 fully saturated rings. The number of amides is 3. The van der Waals surface area contributed by atoms with E-state index >= 15 is 0 Å². The van der Waals surface area contributed by atoms with Crippen molar-refractivity contribution in [2.75, 3.05) is 19.7 Å². The molecular weight excluding hydrogens is 369 g/mol. The third kappa shape index (κ3) is 5.09. The van der Waals surface area contributed by atoms with Gasteiger partial charge in [0.05, 0.1) is 12.2 Å². The molecule has 1 aliphatic rings.